The molecule has 90 valence electrons. The van der Waals surface area contributed by atoms with Crippen LogP contribution in [0, 0.1) is 0 Å². The Morgan fingerprint density at radius 3 is 3.12 bits per heavy atom. The average molecular weight is 225 g/mol. The lowest BCUT2D eigenvalue weighted by molar-refractivity contribution is -0.0920. The molecule has 2 rings (SSSR count). The van der Waals surface area contributed by atoms with Gasteiger partial charge in [-0.3, -0.25) is 4.90 Å². The van der Waals surface area contributed by atoms with Crippen molar-refractivity contribution in [3.8, 4) is 0 Å². The lowest BCUT2D eigenvalue weighted by atomic mass is 10.1. The lowest BCUT2D eigenvalue weighted by Gasteiger charge is -2.34. The van der Waals surface area contributed by atoms with Gasteiger partial charge in [-0.05, 0) is 6.54 Å². The zero-order valence-electron chi connectivity index (χ0n) is 9.83. The number of aliphatic hydroxyl groups excluding tert-OH is 1. The number of aliphatic hydroxyl groups is 1. The van der Waals surface area contributed by atoms with Crippen molar-refractivity contribution in [2.75, 3.05) is 26.2 Å². The van der Waals surface area contributed by atoms with Crippen LogP contribution in [-0.4, -0.2) is 51.9 Å². The van der Waals surface area contributed by atoms with Crippen molar-refractivity contribution < 1.29 is 9.84 Å². The molecule has 0 aliphatic carbocycles. The molecule has 0 bridgehead atoms. The molecule has 1 saturated heterocycles. The fraction of sp³-hybridized carbons (Fsp3) is 0.727. The molecule has 2 heterocycles. The van der Waals surface area contributed by atoms with E-state index in [0.29, 0.717) is 12.4 Å². The Morgan fingerprint density at radius 2 is 2.50 bits per heavy atom. The number of imidazole rings is 1. The Kier molecular flexibility index (Phi) is 3.58. The third-order valence-electron chi connectivity index (χ3n) is 3.10. The summed E-state index contributed by atoms with van der Waals surface area (Å²) in [5.41, 5.74) is 0. The van der Waals surface area contributed by atoms with E-state index < -0.39 is 6.10 Å². The smallest absolute Gasteiger partial charge is 0.140 e. The third-order valence-corrected chi connectivity index (χ3v) is 3.10. The first-order valence-corrected chi connectivity index (χ1v) is 5.71. The Balaban J connectivity index is 2.04. The van der Waals surface area contributed by atoms with E-state index >= 15 is 0 Å². The van der Waals surface area contributed by atoms with Gasteiger partial charge in [0.25, 0.3) is 0 Å². The van der Waals surface area contributed by atoms with Gasteiger partial charge in [-0.2, -0.15) is 0 Å². The number of nitrogens with zero attached hydrogens (tertiary/aromatic N) is 3. The minimum absolute atomic E-state index is 0.171. The van der Waals surface area contributed by atoms with Gasteiger partial charge in [0.2, 0.25) is 0 Å². The SMILES string of the molecule is CCN1CCOC(C(O)c2nccn2C)C1. The van der Waals surface area contributed by atoms with E-state index in [-0.39, 0.29) is 6.10 Å². The highest BCUT2D eigenvalue weighted by Crippen LogP contribution is 2.20. The first-order valence-electron chi connectivity index (χ1n) is 5.71. The summed E-state index contributed by atoms with van der Waals surface area (Å²) >= 11 is 0. The normalized spacial score (nSPS) is 24.6. The van der Waals surface area contributed by atoms with Crippen molar-refractivity contribution in [2.24, 2.45) is 7.05 Å². The predicted molar refractivity (Wildman–Crippen MR) is 60.0 cm³/mol. The van der Waals surface area contributed by atoms with Crippen LogP contribution in [0.1, 0.15) is 18.9 Å². The molecule has 1 N–H and O–H groups in total. The first kappa shape index (κ1) is 11.6. The summed E-state index contributed by atoms with van der Waals surface area (Å²) in [5, 5.41) is 10.2. The number of aryl methyl sites for hydroxylation is 1. The number of hydrogen-bond donors (Lipinski definition) is 1. The van der Waals surface area contributed by atoms with Crippen LogP contribution < -0.4 is 0 Å². The Hall–Kier alpha value is -0.910. The van der Waals surface area contributed by atoms with Crippen LogP contribution in [0.5, 0.6) is 0 Å². The van der Waals surface area contributed by atoms with Gasteiger partial charge in [0.05, 0.1) is 6.61 Å². The maximum absolute atomic E-state index is 10.2. The molecular weight excluding hydrogens is 206 g/mol. The molecule has 0 aromatic carbocycles. The van der Waals surface area contributed by atoms with Gasteiger partial charge in [-0.1, -0.05) is 6.92 Å². The van der Waals surface area contributed by atoms with E-state index in [2.05, 4.69) is 16.8 Å². The first-order chi connectivity index (χ1) is 7.72. The monoisotopic (exact) mass is 225 g/mol. The number of morpholine rings is 1. The quantitative estimate of drug-likeness (QED) is 0.797. The largest absolute Gasteiger partial charge is 0.382 e. The van der Waals surface area contributed by atoms with Crippen LogP contribution in [0.4, 0.5) is 0 Å². The molecule has 1 aromatic heterocycles. The Labute approximate surface area is 95.7 Å². The second-order valence-electron chi connectivity index (χ2n) is 4.14. The van der Waals surface area contributed by atoms with Crippen LogP contribution in [0.15, 0.2) is 12.4 Å². The fourth-order valence-corrected chi connectivity index (χ4v) is 2.04. The fourth-order valence-electron chi connectivity index (χ4n) is 2.04. The van der Waals surface area contributed by atoms with Crippen molar-refractivity contribution in [2.45, 2.75) is 19.1 Å². The summed E-state index contributed by atoms with van der Waals surface area (Å²) in [7, 11) is 1.88. The molecular formula is C11H19N3O2. The lowest BCUT2D eigenvalue weighted by Crippen LogP contribution is -2.45. The number of rotatable bonds is 3. The summed E-state index contributed by atoms with van der Waals surface area (Å²) in [6, 6.07) is 0. The van der Waals surface area contributed by atoms with Crippen molar-refractivity contribution in [1.82, 2.24) is 14.5 Å². The van der Waals surface area contributed by atoms with E-state index in [0.717, 1.165) is 19.6 Å². The van der Waals surface area contributed by atoms with E-state index in [4.69, 9.17) is 4.74 Å². The molecule has 1 aromatic rings. The Bertz CT molecular complexity index is 340. The Morgan fingerprint density at radius 1 is 1.69 bits per heavy atom. The molecule has 5 nitrogen and oxygen atoms in total. The van der Waals surface area contributed by atoms with Crippen LogP contribution >= 0.6 is 0 Å². The second-order valence-corrected chi connectivity index (χ2v) is 4.14. The summed E-state index contributed by atoms with van der Waals surface area (Å²) < 4.78 is 7.44. The molecule has 0 saturated carbocycles. The van der Waals surface area contributed by atoms with Gasteiger partial charge >= 0.3 is 0 Å². The van der Waals surface area contributed by atoms with Gasteiger partial charge in [0.1, 0.15) is 18.0 Å². The maximum atomic E-state index is 10.2. The minimum atomic E-state index is -0.644. The molecule has 2 unspecified atom stereocenters. The zero-order chi connectivity index (χ0) is 11.5. The number of hydrogen-bond acceptors (Lipinski definition) is 4. The zero-order valence-corrected chi connectivity index (χ0v) is 9.83. The van der Waals surface area contributed by atoms with Gasteiger partial charge in [-0.25, -0.2) is 4.98 Å². The summed E-state index contributed by atoms with van der Waals surface area (Å²) in [5.74, 6) is 0.669. The second kappa shape index (κ2) is 4.95. The molecule has 1 aliphatic heterocycles. The standard InChI is InChI=1S/C11H19N3O2/c1-3-14-6-7-16-9(8-14)10(15)11-12-4-5-13(11)2/h4-5,9-10,15H,3,6-8H2,1-2H3. The van der Waals surface area contributed by atoms with Crippen LogP contribution in [0.3, 0.4) is 0 Å². The summed E-state index contributed by atoms with van der Waals surface area (Å²) in [6.45, 7) is 5.51. The highest BCUT2D eigenvalue weighted by atomic mass is 16.5. The number of aromatic nitrogens is 2. The molecule has 0 radical (unpaired) electrons. The van der Waals surface area contributed by atoms with E-state index in [1.807, 2.05) is 17.8 Å². The van der Waals surface area contributed by atoms with Crippen molar-refractivity contribution in [3.05, 3.63) is 18.2 Å². The molecule has 0 spiro atoms. The highest BCUT2D eigenvalue weighted by Gasteiger charge is 2.29. The minimum Gasteiger partial charge on any atom is -0.382 e. The van der Waals surface area contributed by atoms with Gasteiger partial charge in [0.15, 0.2) is 0 Å². The molecule has 2 atom stereocenters. The van der Waals surface area contributed by atoms with Gasteiger partial charge < -0.3 is 14.4 Å². The van der Waals surface area contributed by atoms with E-state index in [1.54, 1.807) is 6.20 Å². The van der Waals surface area contributed by atoms with Crippen molar-refractivity contribution >= 4 is 0 Å². The number of ether oxygens (including phenoxy) is 1. The molecule has 0 amide bonds. The van der Waals surface area contributed by atoms with Crippen molar-refractivity contribution in [1.29, 1.82) is 0 Å². The van der Waals surface area contributed by atoms with Crippen LogP contribution in [-0.2, 0) is 11.8 Å². The molecule has 16 heavy (non-hydrogen) atoms. The average Bonchev–Trinajstić information content (AvgIpc) is 2.74. The third kappa shape index (κ3) is 2.26. The maximum Gasteiger partial charge on any atom is 0.140 e. The highest BCUT2D eigenvalue weighted by molar-refractivity contribution is 4.99. The molecule has 1 fully saturated rings. The predicted octanol–water partition coefficient (Wildman–Crippen LogP) is 0.174. The van der Waals surface area contributed by atoms with E-state index in [9.17, 15) is 5.11 Å². The number of likely N-dealkylation sites (N-methyl/N-ethyl adjacent to an activating group) is 1. The van der Waals surface area contributed by atoms with Crippen LogP contribution in [0.25, 0.3) is 0 Å². The molecule has 1 aliphatic rings. The van der Waals surface area contributed by atoms with E-state index in [1.165, 1.54) is 0 Å². The van der Waals surface area contributed by atoms with Crippen LogP contribution in [0.2, 0.25) is 0 Å². The summed E-state index contributed by atoms with van der Waals surface area (Å²) in [6.07, 6.45) is 2.71. The topological polar surface area (TPSA) is 50.5 Å². The van der Waals surface area contributed by atoms with Gasteiger partial charge in [-0.15, -0.1) is 0 Å². The van der Waals surface area contributed by atoms with Crippen molar-refractivity contribution in [3.63, 3.8) is 0 Å². The summed E-state index contributed by atoms with van der Waals surface area (Å²) in [4.78, 5) is 6.43. The molecule has 5 heteroatoms. The van der Waals surface area contributed by atoms with Gasteiger partial charge in [0, 0.05) is 32.5 Å².